The normalized spacial score (nSPS) is 11.3. The van der Waals surface area contributed by atoms with Gasteiger partial charge in [-0.25, -0.2) is 0 Å². The molecule has 0 bridgehead atoms. The van der Waals surface area contributed by atoms with Crippen molar-refractivity contribution in [1.29, 1.82) is 0 Å². The first kappa shape index (κ1) is 13.3. The second-order valence-corrected chi connectivity index (χ2v) is 4.07. The Morgan fingerprint density at radius 3 is 2.42 bits per heavy atom. The fourth-order valence-corrected chi connectivity index (χ4v) is 1.69. The first-order valence-electron chi connectivity index (χ1n) is 5.66. The van der Waals surface area contributed by atoms with Crippen molar-refractivity contribution < 1.29 is 22.8 Å². The van der Waals surface area contributed by atoms with E-state index in [0.29, 0.717) is 5.56 Å². The van der Waals surface area contributed by atoms with E-state index in [-0.39, 0.29) is 18.1 Å². The summed E-state index contributed by atoms with van der Waals surface area (Å²) in [6, 6.07) is 11.3. The van der Waals surface area contributed by atoms with Crippen molar-refractivity contribution in [3.63, 3.8) is 0 Å². The molecule has 2 nitrogen and oxygen atoms in total. The average Bonchev–Trinajstić information content (AvgIpc) is 2.36. The number of benzene rings is 2. The van der Waals surface area contributed by atoms with E-state index >= 15 is 0 Å². The molecule has 0 saturated heterocycles. The zero-order valence-corrected chi connectivity index (χ0v) is 9.89. The maximum Gasteiger partial charge on any atom is 0.513 e. The largest absolute Gasteiger partial charge is 0.513 e. The van der Waals surface area contributed by atoms with Crippen LogP contribution in [0.5, 0.6) is 11.5 Å². The molecule has 1 N–H and O–H groups in total. The highest BCUT2D eigenvalue weighted by Gasteiger charge is 2.28. The van der Waals surface area contributed by atoms with E-state index in [4.69, 9.17) is 4.74 Å². The molecule has 0 aliphatic carbocycles. The van der Waals surface area contributed by atoms with Gasteiger partial charge in [-0.05, 0) is 23.8 Å². The summed E-state index contributed by atoms with van der Waals surface area (Å²) in [6.07, 6.45) is 0. The van der Waals surface area contributed by atoms with Gasteiger partial charge in [0.2, 0.25) is 0 Å². The van der Waals surface area contributed by atoms with Crippen LogP contribution in [0.3, 0.4) is 0 Å². The van der Waals surface area contributed by atoms with Gasteiger partial charge in [-0.2, -0.15) is 0 Å². The lowest BCUT2D eigenvalue weighted by molar-refractivity contribution is 0.306. The predicted molar refractivity (Wildman–Crippen MR) is 67.6 cm³/mol. The van der Waals surface area contributed by atoms with E-state index in [1.807, 2.05) is 0 Å². The van der Waals surface area contributed by atoms with Gasteiger partial charge < -0.3 is 22.8 Å². The van der Waals surface area contributed by atoms with Crippen LogP contribution in [0, 0.1) is 0 Å². The van der Waals surface area contributed by atoms with Gasteiger partial charge in [-0.15, -0.1) is 0 Å². The van der Waals surface area contributed by atoms with E-state index in [1.165, 1.54) is 30.3 Å². The molecule has 0 radical (unpaired) electrons. The molecule has 2 aromatic carbocycles. The van der Waals surface area contributed by atoms with E-state index in [1.54, 1.807) is 12.1 Å². The Labute approximate surface area is 108 Å². The number of halogens is 3. The lowest BCUT2D eigenvalue weighted by Crippen LogP contribution is -2.35. The second-order valence-electron chi connectivity index (χ2n) is 4.07. The van der Waals surface area contributed by atoms with Crippen molar-refractivity contribution in [3.05, 3.63) is 54.1 Å². The van der Waals surface area contributed by atoms with Gasteiger partial charge in [0.25, 0.3) is 0 Å². The minimum absolute atomic E-state index is 0.0302. The van der Waals surface area contributed by atoms with E-state index in [9.17, 15) is 18.1 Å². The number of aromatic hydroxyl groups is 1. The summed E-state index contributed by atoms with van der Waals surface area (Å²) >= 11 is 0. The maximum absolute atomic E-state index is 12.8. The Morgan fingerprint density at radius 1 is 1.00 bits per heavy atom. The van der Waals surface area contributed by atoms with Gasteiger partial charge in [0.1, 0.15) is 12.4 Å². The van der Waals surface area contributed by atoms with Gasteiger partial charge in [0, 0.05) is 0 Å². The summed E-state index contributed by atoms with van der Waals surface area (Å²) in [4.78, 5) is 0. The minimum atomic E-state index is -5.10. The van der Waals surface area contributed by atoms with Gasteiger partial charge in [-0.1, -0.05) is 35.8 Å². The fourth-order valence-electron chi connectivity index (χ4n) is 1.69. The number of phenolic OH excluding ortho intramolecular Hbond substituents is 1. The number of phenols is 1. The maximum atomic E-state index is 12.8. The average molecular weight is 267 g/mol. The first-order valence-corrected chi connectivity index (χ1v) is 5.66. The van der Waals surface area contributed by atoms with Crippen molar-refractivity contribution in [2.24, 2.45) is 0 Å². The molecular formula is C13H11BF3O2-. The summed E-state index contributed by atoms with van der Waals surface area (Å²) < 4.78 is 43.5. The van der Waals surface area contributed by atoms with Gasteiger partial charge >= 0.3 is 6.98 Å². The standard InChI is InChI=1S/C13H11BF3O2/c15-14(16,17)12-6-1-2-7-13(12)19-9-10-4-3-5-11(18)8-10/h1-8,18H,9H2/q-1. The minimum Gasteiger partial charge on any atom is -0.508 e. The molecule has 0 spiro atoms. The molecule has 0 aromatic heterocycles. The summed E-state index contributed by atoms with van der Waals surface area (Å²) in [5.41, 5.74) is -0.146. The smallest absolute Gasteiger partial charge is 0.508 e. The third-order valence-electron chi connectivity index (χ3n) is 2.58. The van der Waals surface area contributed by atoms with Crippen molar-refractivity contribution in [1.82, 2.24) is 0 Å². The highest BCUT2D eigenvalue weighted by Crippen LogP contribution is 2.19. The van der Waals surface area contributed by atoms with Gasteiger partial charge in [0.15, 0.2) is 0 Å². The monoisotopic (exact) mass is 267 g/mol. The third-order valence-corrected chi connectivity index (χ3v) is 2.58. The van der Waals surface area contributed by atoms with Crippen LogP contribution in [-0.4, -0.2) is 12.1 Å². The molecule has 6 heteroatoms. The summed E-state index contributed by atoms with van der Waals surface area (Å²) in [5, 5.41) is 9.26. The molecule has 0 heterocycles. The molecular weight excluding hydrogens is 256 g/mol. The molecule has 0 unspecified atom stereocenters. The van der Waals surface area contributed by atoms with Crippen LogP contribution < -0.4 is 10.2 Å². The molecule has 0 fully saturated rings. The number of hydrogen-bond donors (Lipinski definition) is 1. The molecule has 0 aliphatic rings. The van der Waals surface area contributed by atoms with Crippen molar-refractivity contribution in [2.45, 2.75) is 6.61 Å². The van der Waals surface area contributed by atoms with Gasteiger partial charge in [-0.3, -0.25) is 0 Å². The van der Waals surface area contributed by atoms with Crippen molar-refractivity contribution in [3.8, 4) is 11.5 Å². The van der Waals surface area contributed by atoms with Crippen LogP contribution in [-0.2, 0) is 6.61 Å². The number of para-hydroxylation sites is 1. The lowest BCUT2D eigenvalue weighted by atomic mass is 9.79. The Morgan fingerprint density at radius 2 is 1.74 bits per heavy atom. The lowest BCUT2D eigenvalue weighted by Gasteiger charge is -2.19. The number of hydrogen-bond acceptors (Lipinski definition) is 2. The predicted octanol–water partition coefficient (Wildman–Crippen LogP) is 3.03. The summed E-state index contributed by atoms with van der Waals surface area (Å²) in [7, 11) is 0. The Bertz CT molecular complexity index is 570. The second kappa shape index (κ2) is 5.26. The quantitative estimate of drug-likeness (QED) is 0.863. The van der Waals surface area contributed by atoms with Crippen LogP contribution in [0.25, 0.3) is 0 Å². The van der Waals surface area contributed by atoms with Crippen LogP contribution in [0.2, 0.25) is 0 Å². The molecule has 2 aromatic rings. The number of ether oxygens (including phenoxy) is 1. The molecule has 0 atom stereocenters. The van der Waals surface area contributed by atoms with Crippen LogP contribution >= 0.6 is 0 Å². The molecule has 19 heavy (non-hydrogen) atoms. The van der Waals surface area contributed by atoms with E-state index < -0.39 is 12.4 Å². The van der Waals surface area contributed by atoms with Crippen LogP contribution in [0.1, 0.15) is 5.56 Å². The molecule has 0 amide bonds. The van der Waals surface area contributed by atoms with Crippen molar-refractivity contribution >= 4 is 12.4 Å². The van der Waals surface area contributed by atoms with Crippen molar-refractivity contribution in [2.75, 3.05) is 0 Å². The Kier molecular flexibility index (Phi) is 3.69. The number of rotatable bonds is 4. The van der Waals surface area contributed by atoms with Crippen LogP contribution in [0.4, 0.5) is 12.9 Å². The highest BCUT2D eigenvalue weighted by molar-refractivity contribution is 6.74. The van der Waals surface area contributed by atoms with Crippen LogP contribution in [0.15, 0.2) is 48.5 Å². The van der Waals surface area contributed by atoms with E-state index in [2.05, 4.69) is 0 Å². The zero-order chi connectivity index (χ0) is 13.9. The molecule has 2 rings (SSSR count). The fraction of sp³-hybridized carbons (Fsp3) is 0.0769. The zero-order valence-electron chi connectivity index (χ0n) is 9.89. The third kappa shape index (κ3) is 3.43. The van der Waals surface area contributed by atoms with E-state index in [0.717, 1.165) is 6.07 Å². The summed E-state index contributed by atoms with van der Waals surface area (Å²) in [6.45, 7) is -5.13. The molecule has 100 valence electrons. The molecule has 0 saturated carbocycles. The van der Waals surface area contributed by atoms with Gasteiger partial charge in [0.05, 0.1) is 5.75 Å². The highest BCUT2D eigenvalue weighted by atomic mass is 19.4. The summed E-state index contributed by atoms with van der Waals surface area (Å²) in [5.74, 6) is -0.146. The molecule has 0 aliphatic heterocycles. The SMILES string of the molecule is Oc1cccc(COc2ccccc2[B-](F)(F)F)c1. The Balaban J connectivity index is 2.16. The topological polar surface area (TPSA) is 29.5 Å². The first-order chi connectivity index (χ1) is 8.97. The Hall–Kier alpha value is -2.11.